The van der Waals surface area contributed by atoms with Crippen LogP contribution in [0, 0.1) is 5.92 Å². The number of nitrogens with zero attached hydrogens (tertiary/aromatic N) is 1. The van der Waals surface area contributed by atoms with Crippen LogP contribution in [0.5, 0.6) is 0 Å². The molecule has 1 fully saturated rings. The number of hydrogen-bond acceptors (Lipinski definition) is 3. The minimum absolute atomic E-state index is 0.155. The van der Waals surface area contributed by atoms with Gasteiger partial charge in [-0.15, -0.1) is 0 Å². The van der Waals surface area contributed by atoms with Crippen LogP contribution in [0.2, 0.25) is 0 Å². The molecule has 1 N–H and O–H groups in total. The third-order valence-electron chi connectivity index (χ3n) is 1.93. The number of urea groups is 1. The highest BCUT2D eigenvalue weighted by Gasteiger charge is 2.36. The lowest BCUT2D eigenvalue weighted by atomic mass is 10.1. The van der Waals surface area contributed by atoms with Gasteiger partial charge in [-0.2, -0.15) is 0 Å². The molecule has 0 radical (unpaired) electrons. The first-order valence-electron chi connectivity index (χ1n) is 4.24. The van der Waals surface area contributed by atoms with Gasteiger partial charge in [-0.05, 0) is 13.8 Å². The van der Waals surface area contributed by atoms with E-state index in [9.17, 15) is 14.4 Å². The fourth-order valence-corrected chi connectivity index (χ4v) is 1.15. The first-order valence-corrected chi connectivity index (χ1v) is 4.24. The van der Waals surface area contributed by atoms with Crippen LogP contribution in [0.25, 0.3) is 0 Å². The summed E-state index contributed by atoms with van der Waals surface area (Å²) in [6, 6.07) is -0.666. The molecule has 1 saturated heterocycles. The Labute approximate surface area is 81.8 Å². The van der Waals surface area contributed by atoms with Crippen molar-refractivity contribution in [1.82, 2.24) is 10.2 Å². The smallest absolute Gasteiger partial charge is 0.277 e. The summed E-state index contributed by atoms with van der Waals surface area (Å²) < 4.78 is 0. The van der Waals surface area contributed by atoms with E-state index in [4.69, 9.17) is 0 Å². The molecule has 1 rings (SSSR count). The predicted molar refractivity (Wildman–Crippen MR) is 49.2 cm³/mol. The lowest BCUT2D eigenvalue weighted by Crippen LogP contribution is -2.57. The quantitative estimate of drug-likeness (QED) is 0.509. The van der Waals surface area contributed by atoms with Gasteiger partial charge in [-0.25, -0.2) is 4.79 Å². The van der Waals surface area contributed by atoms with Gasteiger partial charge in [0.2, 0.25) is 11.8 Å². The van der Waals surface area contributed by atoms with Crippen LogP contribution < -0.4 is 5.32 Å². The minimum atomic E-state index is -0.799. The Balaban J connectivity index is 2.84. The molecule has 5 heteroatoms. The summed E-state index contributed by atoms with van der Waals surface area (Å²) in [4.78, 5) is 34.8. The van der Waals surface area contributed by atoms with Crippen LogP contribution in [-0.4, -0.2) is 29.3 Å². The second-order valence-corrected chi connectivity index (χ2v) is 3.40. The molecule has 0 bridgehead atoms. The van der Waals surface area contributed by atoms with Crippen LogP contribution in [0.3, 0.4) is 0 Å². The highest BCUT2D eigenvalue weighted by atomic mass is 16.2. The van der Waals surface area contributed by atoms with Crippen molar-refractivity contribution < 1.29 is 14.4 Å². The van der Waals surface area contributed by atoms with Crippen molar-refractivity contribution in [1.29, 1.82) is 0 Å². The van der Waals surface area contributed by atoms with Crippen molar-refractivity contribution >= 4 is 17.8 Å². The highest BCUT2D eigenvalue weighted by Crippen LogP contribution is 2.10. The van der Waals surface area contributed by atoms with Gasteiger partial charge in [0.15, 0.2) is 0 Å². The van der Waals surface area contributed by atoms with Gasteiger partial charge in [0.25, 0.3) is 0 Å². The molecule has 76 valence electrons. The third kappa shape index (κ3) is 1.81. The summed E-state index contributed by atoms with van der Waals surface area (Å²) in [6.45, 7) is 6.94. The molecule has 5 nitrogen and oxygen atoms in total. The molecule has 0 aliphatic carbocycles. The fourth-order valence-electron chi connectivity index (χ4n) is 1.15. The van der Waals surface area contributed by atoms with Gasteiger partial charge < -0.3 is 0 Å². The maximum absolute atomic E-state index is 11.5. The Hall–Kier alpha value is -1.65. The Morgan fingerprint density at radius 2 is 2.07 bits per heavy atom. The topological polar surface area (TPSA) is 66.5 Å². The largest absolute Gasteiger partial charge is 0.331 e. The molecule has 0 aromatic rings. The predicted octanol–water partition coefficient (Wildman–Crippen LogP) is 0.277. The first-order chi connectivity index (χ1) is 6.43. The van der Waals surface area contributed by atoms with E-state index in [1.54, 1.807) is 6.92 Å². The normalized spacial score (nSPS) is 22.3. The fraction of sp³-hybridized carbons (Fsp3) is 0.444. The van der Waals surface area contributed by atoms with Gasteiger partial charge >= 0.3 is 6.03 Å². The van der Waals surface area contributed by atoms with Crippen LogP contribution in [0.1, 0.15) is 13.8 Å². The van der Waals surface area contributed by atoms with Crippen molar-refractivity contribution in [3.63, 3.8) is 0 Å². The minimum Gasteiger partial charge on any atom is -0.277 e. The number of imide groups is 2. The molecule has 1 heterocycles. The number of nitrogens with one attached hydrogen (secondary N) is 1. The zero-order valence-electron chi connectivity index (χ0n) is 8.16. The molecule has 14 heavy (non-hydrogen) atoms. The molecule has 1 aliphatic rings. The lowest BCUT2D eigenvalue weighted by molar-refractivity contribution is -0.141. The van der Waals surface area contributed by atoms with Crippen molar-refractivity contribution in [2.45, 2.75) is 13.8 Å². The van der Waals surface area contributed by atoms with E-state index in [0.717, 1.165) is 4.90 Å². The Bertz CT molecular complexity index is 322. The van der Waals surface area contributed by atoms with Crippen molar-refractivity contribution in [2.24, 2.45) is 5.92 Å². The van der Waals surface area contributed by atoms with E-state index in [0.29, 0.717) is 5.57 Å². The van der Waals surface area contributed by atoms with E-state index >= 15 is 0 Å². The molecule has 0 aromatic carbocycles. The molecule has 1 atom stereocenters. The molecule has 0 saturated carbocycles. The number of barbiturate groups is 1. The average Bonchev–Trinajstić information content (AvgIpc) is 2.09. The summed E-state index contributed by atoms with van der Waals surface area (Å²) in [7, 11) is 0. The monoisotopic (exact) mass is 196 g/mol. The number of carbonyl (C=O) groups is 3. The van der Waals surface area contributed by atoms with E-state index in [1.165, 1.54) is 6.92 Å². The van der Waals surface area contributed by atoms with E-state index in [-0.39, 0.29) is 6.54 Å². The van der Waals surface area contributed by atoms with Crippen LogP contribution in [-0.2, 0) is 9.59 Å². The Morgan fingerprint density at radius 3 is 2.57 bits per heavy atom. The third-order valence-corrected chi connectivity index (χ3v) is 1.93. The van der Waals surface area contributed by atoms with Gasteiger partial charge in [0, 0.05) is 0 Å². The van der Waals surface area contributed by atoms with Gasteiger partial charge in [0.05, 0.1) is 6.54 Å². The zero-order chi connectivity index (χ0) is 10.9. The second kappa shape index (κ2) is 3.61. The highest BCUT2D eigenvalue weighted by molar-refractivity contribution is 6.15. The summed E-state index contributed by atoms with van der Waals surface area (Å²) in [5, 5.41) is 2.10. The van der Waals surface area contributed by atoms with Gasteiger partial charge in [-0.3, -0.25) is 19.8 Å². The van der Waals surface area contributed by atoms with Gasteiger partial charge in [0.1, 0.15) is 5.92 Å². The van der Waals surface area contributed by atoms with Gasteiger partial charge in [-0.1, -0.05) is 12.2 Å². The molecule has 4 amide bonds. The molecule has 0 spiro atoms. The lowest BCUT2D eigenvalue weighted by Gasteiger charge is -2.28. The van der Waals surface area contributed by atoms with Crippen molar-refractivity contribution in [2.75, 3.05) is 6.54 Å². The van der Waals surface area contributed by atoms with Crippen molar-refractivity contribution in [3.05, 3.63) is 12.2 Å². The zero-order valence-corrected chi connectivity index (χ0v) is 8.16. The maximum atomic E-state index is 11.5. The molecule has 1 aliphatic heterocycles. The summed E-state index contributed by atoms with van der Waals surface area (Å²) in [5.41, 5.74) is 0.690. The Kier molecular flexibility index (Phi) is 2.69. The summed E-state index contributed by atoms with van der Waals surface area (Å²) in [6.07, 6.45) is 0. The number of carbonyl (C=O) groups excluding carboxylic acids is 3. The second-order valence-electron chi connectivity index (χ2n) is 3.40. The van der Waals surface area contributed by atoms with Crippen LogP contribution in [0.15, 0.2) is 12.2 Å². The Morgan fingerprint density at radius 1 is 1.50 bits per heavy atom. The van der Waals surface area contributed by atoms with E-state index < -0.39 is 23.8 Å². The van der Waals surface area contributed by atoms with Crippen LogP contribution >= 0.6 is 0 Å². The number of amides is 4. The summed E-state index contributed by atoms with van der Waals surface area (Å²) in [5.74, 6) is -1.81. The van der Waals surface area contributed by atoms with E-state index in [1.807, 2.05) is 0 Å². The number of rotatable bonds is 2. The SMILES string of the molecule is C=C(C)CN1C(=O)NC(=O)C(C)C1=O. The standard InChI is InChI=1S/C9H12N2O3/c1-5(2)4-11-8(13)6(3)7(12)10-9(11)14/h6H,1,4H2,2-3H3,(H,10,12,14). The summed E-state index contributed by atoms with van der Waals surface area (Å²) >= 11 is 0. The maximum Gasteiger partial charge on any atom is 0.331 e. The first kappa shape index (κ1) is 10.4. The molecule has 1 unspecified atom stereocenters. The average molecular weight is 196 g/mol. The van der Waals surface area contributed by atoms with E-state index in [2.05, 4.69) is 11.9 Å². The van der Waals surface area contributed by atoms with Crippen LogP contribution in [0.4, 0.5) is 4.79 Å². The number of hydrogen-bond donors (Lipinski definition) is 1. The molecular weight excluding hydrogens is 184 g/mol. The molecular formula is C9H12N2O3. The molecule has 0 aromatic heterocycles. The van der Waals surface area contributed by atoms with Crippen molar-refractivity contribution in [3.8, 4) is 0 Å².